The molecule has 0 amide bonds. The van der Waals surface area contributed by atoms with Gasteiger partial charge in [-0.15, -0.1) is 0 Å². The Morgan fingerprint density at radius 3 is 1.96 bits per heavy atom. The van der Waals surface area contributed by atoms with Gasteiger partial charge < -0.3 is 0 Å². The second kappa shape index (κ2) is 9.32. The summed E-state index contributed by atoms with van der Waals surface area (Å²) in [5.41, 5.74) is 3.62. The Labute approximate surface area is 167 Å². The molecular weight excluding hydrogens is 344 g/mol. The molecule has 2 aromatic heterocycles. The van der Waals surface area contributed by atoms with Gasteiger partial charge in [-0.25, -0.2) is 4.98 Å². The van der Waals surface area contributed by atoms with Gasteiger partial charge in [0, 0.05) is 16.2 Å². The van der Waals surface area contributed by atoms with E-state index in [2.05, 4.69) is 0 Å². The van der Waals surface area contributed by atoms with Crippen molar-refractivity contribution >= 4 is 38.2 Å². The van der Waals surface area contributed by atoms with E-state index in [1.54, 1.807) is 4.40 Å². The van der Waals surface area contributed by atoms with Crippen LogP contribution in [0, 0.1) is 6.92 Å². The Morgan fingerprint density at radius 2 is 1.32 bits per heavy atom. The third-order valence-electron chi connectivity index (χ3n) is 4.47. The number of fused-ring (bicyclic) bond motifs is 4. The SMILES string of the molecule is CC.CC.CC.Cc1cccc2c1nc1c3cccc4cccc(c(=O)n21)c43. The van der Waals surface area contributed by atoms with E-state index < -0.39 is 0 Å². The molecule has 146 valence electrons. The van der Waals surface area contributed by atoms with Crippen LogP contribution in [0.4, 0.5) is 0 Å². The van der Waals surface area contributed by atoms with Crippen LogP contribution in [-0.2, 0) is 0 Å². The summed E-state index contributed by atoms with van der Waals surface area (Å²) in [7, 11) is 0. The van der Waals surface area contributed by atoms with Gasteiger partial charge in [-0.3, -0.25) is 9.20 Å². The largest absolute Gasteiger partial charge is 0.268 e. The zero-order valence-corrected chi connectivity index (χ0v) is 18.0. The number of aromatic nitrogens is 2. The van der Waals surface area contributed by atoms with Gasteiger partial charge in [-0.1, -0.05) is 84.0 Å². The predicted octanol–water partition coefficient (Wildman–Crippen LogP) is 6.98. The van der Waals surface area contributed by atoms with E-state index >= 15 is 0 Å². The number of hydrogen-bond acceptors (Lipinski definition) is 2. The number of para-hydroxylation sites is 1. The first kappa shape index (κ1) is 21.4. The van der Waals surface area contributed by atoms with Gasteiger partial charge in [-0.05, 0) is 30.0 Å². The first-order valence-corrected chi connectivity index (χ1v) is 10.3. The summed E-state index contributed by atoms with van der Waals surface area (Å²) in [5.74, 6) is 0. The minimum atomic E-state index is 0.00685. The number of pyridine rings is 1. The Bertz CT molecular complexity index is 1250. The lowest BCUT2D eigenvalue weighted by atomic mass is 10.0. The molecule has 0 bridgehead atoms. The monoisotopic (exact) mass is 374 g/mol. The lowest BCUT2D eigenvalue weighted by Crippen LogP contribution is -2.13. The summed E-state index contributed by atoms with van der Waals surface area (Å²) < 4.78 is 1.75. The predicted molar refractivity (Wildman–Crippen MR) is 124 cm³/mol. The molecule has 0 atom stereocenters. The summed E-state index contributed by atoms with van der Waals surface area (Å²) in [5, 5.41) is 3.87. The van der Waals surface area contributed by atoms with E-state index in [4.69, 9.17) is 4.98 Å². The lowest BCUT2D eigenvalue weighted by molar-refractivity contribution is 1.19. The maximum absolute atomic E-state index is 13.0. The number of imidazole rings is 1. The molecule has 28 heavy (non-hydrogen) atoms. The Balaban J connectivity index is 0.000000430. The average Bonchev–Trinajstić information content (AvgIpc) is 3.18. The van der Waals surface area contributed by atoms with Gasteiger partial charge in [0.2, 0.25) is 0 Å². The standard InChI is InChI=1S/C19H12N2O.3C2H6/c1-11-5-2-10-15-17(11)20-18-13-8-3-6-12-7-4-9-14(16(12)13)19(22)21(15)18;3*1-2/h2-10H,1H3;3*1-2H3. The first-order chi connectivity index (χ1) is 13.8. The van der Waals surface area contributed by atoms with Crippen LogP contribution in [0.25, 0.3) is 38.2 Å². The number of nitrogens with zero attached hydrogens (tertiary/aromatic N) is 2. The maximum Gasteiger partial charge on any atom is 0.264 e. The van der Waals surface area contributed by atoms with Crippen LogP contribution < -0.4 is 5.56 Å². The maximum atomic E-state index is 13.0. The fraction of sp³-hybridized carbons (Fsp3) is 0.280. The van der Waals surface area contributed by atoms with Gasteiger partial charge >= 0.3 is 0 Å². The second-order valence-corrected chi connectivity index (χ2v) is 5.73. The zero-order chi connectivity index (χ0) is 20.8. The summed E-state index contributed by atoms with van der Waals surface area (Å²) in [6.07, 6.45) is 0. The van der Waals surface area contributed by atoms with Crippen molar-refractivity contribution in [1.82, 2.24) is 9.38 Å². The molecule has 0 radical (unpaired) electrons. The topological polar surface area (TPSA) is 34.4 Å². The van der Waals surface area contributed by atoms with E-state index in [9.17, 15) is 4.79 Å². The highest BCUT2D eigenvalue weighted by Gasteiger charge is 2.15. The van der Waals surface area contributed by atoms with Crippen molar-refractivity contribution in [2.75, 3.05) is 0 Å². The van der Waals surface area contributed by atoms with Crippen LogP contribution >= 0.6 is 0 Å². The molecule has 5 aromatic rings. The molecular formula is C25H30N2O. The van der Waals surface area contributed by atoms with E-state index in [-0.39, 0.29) is 5.56 Å². The molecule has 0 saturated carbocycles. The molecule has 0 unspecified atom stereocenters. The van der Waals surface area contributed by atoms with E-state index in [0.717, 1.165) is 43.8 Å². The molecule has 3 heteroatoms. The number of benzene rings is 3. The van der Waals surface area contributed by atoms with Crippen molar-refractivity contribution in [3.05, 3.63) is 70.5 Å². The molecule has 0 aliphatic rings. The quantitative estimate of drug-likeness (QED) is 0.293. The van der Waals surface area contributed by atoms with Crippen LogP contribution in [0.15, 0.2) is 59.4 Å². The van der Waals surface area contributed by atoms with Crippen LogP contribution in [0.3, 0.4) is 0 Å². The highest BCUT2D eigenvalue weighted by Crippen LogP contribution is 2.29. The van der Waals surface area contributed by atoms with Crippen LogP contribution in [0.5, 0.6) is 0 Å². The van der Waals surface area contributed by atoms with Gasteiger partial charge in [0.1, 0.15) is 5.65 Å². The van der Waals surface area contributed by atoms with Crippen molar-refractivity contribution < 1.29 is 0 Å². The first-order valence-electron chi connectivity index (χ1n) is 10.3. The smallest absolute Gasteiger partial charge is 0.264 e. The number of rotatable bonds is 0. The lowest BCUT2D eigenvalue weighted by Gasteiger charge is -2.06. The van der Waals surface area contributed by atoms with E-state index in [1.807, 2.05) is 103 Å². The molecule has 3 nitrogen and oxygen atoms in total. The number of aryl methyl sites for hydroxylation is 1. The second-order valence-electron chi connectivity index (χ2n) is 5.73. The Kier molecular flexibility index (Phi) is 7.11. The third kappa shape index (κ3) is 3.22. The summed E-state index contributed by atoms with van der Waals surface area (Å²) >= 11 is 0. The molecule has 0 aliphatic heterocycles. The minimum Gasteiger partial charge on any atom is -0.268 e. The van der Waals surface area contributed by atoms with E-state index in [0.29, 0.717) is 0 Å². The number of hydrogen-bond donors (Lipinski definition) is 0. The summed E-state index contributed by atoms with van der Waals surface area (Å²) in [6.45, 7) is 14.0. The highest BCUT2D eigenvalue weighted by molar-refractivity contribution is 6.15. The normalized spacial score (nSPS) is 10.1. The Morgan fingerprint density at radius 1 is 0.750 bits per heavy atom. The summed E-state index contributed by atoms with van der Waals surface area (Å²) in [4.78, 5) is 17.8. The van der Waals surface area contributed by atoms with Crippen LogP contribution in [0.1, 0.15) is 47.1 Å². The molecule has 0 aliphatic carbocycles. The fourth-order valence-electron chi connectivity index (χ4n) is 3.45. The summed E-state index contributed by atoms with van der Waals surface area (Å²) in [6, 6.07) is 18.0. The van der Waals surface area contributed by atoms with Crippen LogP contribution in [0.2, 0.25) is 0 Å². The molecule has 0 N–H and O–H groups in total. The third-order valence-corrected chi connectivity index (χ3v) is 4.47. The molecule has 0 saturated heterocycles. The minimum absolute atomic E-state index is 0.00685. The van der Waals surface area contributed by atoms with Crippen molar-refractivity contribution in [2.24, 2.45) is 0 Å². The Hall–Kier alpha value is -2.94. The highest BCUT2D eigenvalue weighted by atomic mass is 16.1. The van der Waals surface area contributed by atoms with Crippen molar-refractivity contribution in [3.8, 4) is 0 Å². The van der Waals surface area contributed by atoms with Crippen molar-refractivity contribution in [2.45, 2.75) is 48.5 Å². The van der Waals surface area contributed by atoms with Gasteiger partial charge in [0.05, 0.1) is 11.0 Å². The van der Waals surface area contributed by atoms with Crippen molar-refractivity contribution in [1.29, 1.82) is 0 Å². The molecule has 0 fully saturated rings. The van der Waals surface area contributed by atoms with Gasteiger partial charge in [-0.2, -0.15) is 0 Å². The van der Waals surface area contributed by atoms with Gasteiger partial charge in [0.25, 0.3) is 5.56 Å². The van der Waals surface area contributed by atoms with Gasteiger partial charge in [0.15, 0.2) is 0 Å². The van der Waals surface area contributed by atoms with Crippen molar-refractivity contribution in [3.63, 3.8) is 0 Å². The van der Waals surface area contributed by atoms with Crippen LogP contribution in [-0.4, -0.2) is 9.38 Å². The fourth-order valence-corrected chi connectivity index (χ4v) is 3.45. The van der Waals surface area contributed by atoms with E-state index in [1.165, 1.54) is 0 Å². The molecule has 3 aromatic carbocycles. The molecule has 5 rings (SSSR count). The average molecular weight is 375 g/mol. The molecule has 0 spiro atoms. The zero-order valence-electron chi connectivity index (χ0n) is 18.0. The molecule has 2 heterocycles.